The lowest BCUT2D eigenvalue weighted by Gasteiger charge is -2.10. The fourth-order valence-electron chi connectivity index (χ4n) is 3.93. The van der Waals surface area contributed by atoms with Gasteiger partial charge in [-0.1, -0.05) is 53.7 Å². The lowest BCUT2D eigenvalue weighted by atomic mass is 10.1. The molecule has 1 N–H and O–H groups in total. The minimum Gasteiger partial charge on any atom is -0.465 e. The van der Waals surface area contributed by atoms with E-state index in [-0.39, 0.29) is 5.91 Å². The third-order valence-electron chi connectivity index (χ3n) is 5.70. The second kappa shape index (κ2) is 10.2. The Balaban J connectivity index is 1.27. The Morgan fingerprint density at radius 1 is 1.00 bits per heavy atom. The smallest absolute Gasteiger partial charge is 0.251 e. The lowest BCUT2D eigenvalue weighted by Crippen LogP contribution is -2.22. The Bertz CT molecular complexity index is 1470. The summed E-state index contributed by atoms with van der Waals surface area (Å²) in [6.07, 6.45) is 1.81. The molecule has 6 nitrogen and oxygen atoms in total. The molecule has 0 aliphatic heterocycles. The van der Waals surface area contributed by atoms with Gasteiger partial charge in [0.15, 0.2) is 10.8 Å². The Morgan fingerprint density at radius 3 is 2.63 bits per heavy atom. The molecule has 35 heavy (non-hydrogen) atoms. The molecule has 1 amide bonds. The molecule has 0 atom stereocenters. The molecule has 0 spiro atoms. The number of carbonyl (C=O) groups is 1. The molecule has 176 valence electrons. The van der Waals surface area contributed by atoms with Crippen LogP contribution in [0, 0.1) is 13.8 Å². The summed E-state index contributed by atoms with van der Waals surface area (Å²) in [7, 11) is 0. The van der Waals surface area contributed by atoms with Crippen molar-refractivity contribution in [2.75, 3.05) is 0 Å². The number of imidazole rings is 1. The average molecular weight is 483 g/mol. The molecule has 0 radical (unpaired) electrons. The highest BCUT2D eigenvalue weighted by molar-refractivity contribution is 7.98. The van der Waals surface area contributed by atoms with Gasteiger partial charge in [0, 0.05) is 17.5 Å². The number of benzene rings is 2. The number of nitrogens with one attached hydrogen (secondary N) is 1. The number of hydrogen-bond donors (Lipinski definition) is 1. The van der Waals surface area contributed by atoms with E-state index >= 15 is 0 Å². The number of rotatable bonds is 8. The van der Waals surface area contributed by atoms with Crippen molar-refractivity contribution in [3.8, 4) is 0 Å². The lowest BCUT2D eigenvalue weighted by molar-refractivity contribution is 0.0948. The van der Waals surface area contributed by atoms with E-state index in [9.17, 15) is 4.79 Å². The maximum atomic E-state index is 12.5. The van der Waals surface area contributed by atoms with Gasteiger partial charge in [0.2, 0.25) is 0 Å². The van der Waals surface area contributed by atoms with Crippen molar-refractivity contribution in [3.63, 3.8) is 0 Å². The summed E-state index contributed by atoms with van der Waals surface area (Å²) in [5.41, 5.74) is 5.97. The van der Waals surface area contributed by atoms with Crippen LogP contribution in [-0.4, -0.2) is 20.4 Å². The number of thioether (sulfide) groups is 1. The topological polar surface area (TPSA) is 73.0 Å². The van der Waals surface area contributed by atoms with E-state index < -0.39 is 0 Å². The number of furan rings is 1. The fraction of sp³-hybridized carbons (Fsp3) is 0.179. The van der Waals surface area contributed by atoms with E-state index in [1.54, 1.807) is 11.8 Å². The molecule has 0 saturated heterocycles. The molecule has 2 aromatic carbocycles. The number of hydrogen-bond acceptors (Lipinski definition) is 5. The Hall–Kier alpha value is -3.84. The first-order valence-electron chi connectivity index (χ1n) is 11.5. The molecule has 7 heteroatoms. The number of pyridine rings is 1. The molecule has 5 aromatic rings. The van der Waals surface area contributed by atoms with E-state index in [1.165, 1.54) is 11.1 Å². The van der Waals surface area contributed by atoms with Crippen molar-refractivity contribution < 1.29 is 9.21 Å². The zero-order valence-corrected chi connectivity index (χ0v) is 20.5. The van der Waals surface area contributed by atoms with Gasteiger partial charge in [0.05, 0.1) is 13.1 Å². The van der Waals surface area contributed by atoms with Crippen LogP contribution in [0.1, 0.15) is 38.6 Å². The van der Waals surface area contributed by atoms with E-state index in [1.807, 2.05) is 61.7 Å². The van der Waals surface area contributed by atoms with E-state index in [4.69, 9.17) is 9.40 Å². The summed E-state index contributed by atoms with van der Waals surface area (Å²) in [5.74, 6) is 2.19. The second-order valence-electron chi connectivity index (χ2n) is 8.50. The third-order valence-corrected chi connectivity index (χ3v) is 6.74. The quantitative estimate of drug-likeness (QED) is 0.278. The number of aryl methyl sites for hydroxylation is 2. The minimum absolute atomic E-state index is 0.121. The standard InChI is InChI=1S/C28H26N4O2S/c1-19-5-3-6-22(15-19)17-32-26-25(7-4-14-29-26)31-28(32)35-18-21-9-11-23(12-10-21)27(33)30-16-24-13-8-20(2)34-24/h3-15H,16-18H2,1-2H3,(H,30,33). The predicted octanol–water partition coefficient (Wildman–Crippen LogP) is 5.91. The van der Waals surface area contributed by atoms with Gasteiger partial charge in [-0.15, -0.1) is 0 Å². The Kier molecular flexibility index (Phi) is 6.68. The second-order valence-corrected chi connectivity index (χ2v) is 9.44. The predicted molar refractivity (Wildman–Crippen MR) is 138 cm³/mol. The maximum absolute atomic E-state index is 12.5. The largest absolute Gasteiger partial charge is 0.465 e. The first kappa shape index (κ1) is 22.9. The van der Waals surface area contributed by atoms with Crippen LogP contribution in [0.3, 0.4) is 0 Å². The first-order valence-corrected chi connectivity index (χ1v) is 12.5. The number of carbonyl (C=O) groups excluding carboxylic acids is 1. The zero-order valence-electron chi connectivity index (χ0n) is 19.7. The average Bonchev–Trinajstić information content (AvgIpc) is 3.44. The van der Waals surface area contributed by atoms with Gasteiger partial charge < -0.3 is 9.73 Å². The molecule has 0 unspecified atom stereocenters. The van der Waals surface area contributed by atoms with Crippen LogP contribution in [0.2, 0.25) is 0 Å². The van der Waals surface area contributed by atoms with Gasteiger partial charge in [-0.25, -0.2) is 9.97 Å². The number of nitrogens with zero attached hydrogens (tertiary/aromatic N) is 3. The highest BCUT2D eigenvalue weighted by Crippen LogP contribution is 2.27. The SMILES string of the molecule is Cc1cccc(Cn2c(SCc3ccc(C(=O)NCc4ccc(C)o4)cc3)nc3cccnc32)c1. The van der Waals surface area contributed by atoms with Gasteiger partial charge in [0.25, 0.3) is 5.91 Å². The number of amides is 1. The molecule has 0 aliphatic rings. The molecule has 0 bridgehead atoms. The minimum atomic E-state index is -0.121. The Morgan fingerprint density at radius 2 is 1.86 bits per heavy atom. The third kappa shape index (κ3) is 5.46. The van der Waals surface area contributed by atoms with Gasteiger partial charge in [-0.05, 0) is 61.4 Å². The van der Waals surface area contributed by atoms with Crippen LogP contribution in [0.5, 0.6) is 0 Å². The van der Waals surface area contributed by atoms with Crippen LogP contribution in [0.25, 0.3) is 11.2 Å². The molecular weight excluding hydrogens is 456 g/mol. The number of fused-ring (bicyclic) bond motifs is 1. The summed E-state index contributed by atoms with van der Waals surface area (Å²) in [4.78, 5) is 21.9. The van der Waals surface area contributed by atoms with Crippen molar-refractivity contribution in [1.82, 2.24) is 19.9 Å². The highest BCUT2D eigenvalue weighted by Gasteiger charge is 2.13. The summed E-state index contributed by atoms with van der Waals surface area (Å²) in [6.45, 7) is 5.07. The number of aromatic nitrogens is 3. The normalized spacial score (nSPS) is 11.1. The zero-order chi connectivity index (χ0) is 24.2. The molecule has 5 rings (SSSR count). The monoisotopic (exact) mass is 482 g/mol. The summed E-state index contributed by atoms with van der Waals surface area (Å²) < 4.78 is 7.68. The van der Waals surface area contributed by atoms with Crippen LogP contribution < -0.4 is 5.32 Å². The Labute approximate surface area is 208 Å². The van der Waals surface area contributed by atoms with E-state index in [2.05, 4.69) is 46.1 Å². The molecule has 3 heterocycles. The van der Waals surface area contributed by atoms with Gasteiger partial charge in [-0.2, -0.15) is 0 Å². The molecule has 3 aromatic heterocycles. The van der Waals surface area contributed by atoms with Crippen LogP contribution in [-0.2, 0) is 18.8 Å². The van der Waals surface area contributed by atoms with E-state index in [0.717, 1.165) is 39.2 Å². The van der Waals surface area contributed by atoms with Crippen molar-refractivity contribution in [2.45, 2.75) is 37.8 Å². The molecule has 0 aliphatic carbocycles. The van der Waals surface area contributed by atoms with Crippen LogP contribution in [0.15, 0.2) is 88.6 Å². The van der Waals surface area contributed by atoms with Crippen LogP contribution in [0.4, 0.5) is 0 Å². The van der Waals surface area contributed by atoms with Gasteiger partial charge >= 0.3 is 0 Å². The highest BCUT2D eigenvalue weighted by atomic mass is 32.2. The summed E-state index contributed by atoms with van der Waals surface area (Å²) in [6, 6.07) is 23.9. The fourth-order valence-corrected chi connectivity index (χ4v) is 4.89. The van der Waals surface area contributed by atoms with Crippen molar-refractivity contribution in [3.05, 3.63) is 113 Å². The first-order chi connectivity index (χ1) is 17.0. The van der Waals surface area contributed by atoms with Gasteiger partial charge in [0.1, 0.15) is 17.0 Å². The van der Waals surface area contributed by atoms with Crippen molar-refractivity contribution in [2.24, 2.45) is 0 Å². The maximum Gasteiger partial charge on any atom is 0.251 e. The molecule has 0 saturated carbocycles. The van der Waals surface area contributed by atoms with Crippen LogP contribution >= 0.6 is 11.8 Å². The molecule has 0 fully saturated rings. The van der Waals surface area contributed by atoms with E-state index in [0.29, 0.717) is 18.7 Å². The summed E-state index contributed by atoms with van der Waals surface area (Å²) in [5, 5.41) is 3.82. The van der Waals surface area contributed by atoms with Gasteiger partial charge in [-0.3, -0.25) is 9.36 Å². The van der Waals surface area contributed by atoms with Crippen molar-refractivity contribution in [1.29, 1.82) is 0 Å². The van der Waals surface area contributed by atoms with Crippen molar-refractivity contribution >= 4 is 28.8 Å². The molecular formula is C28H26N4O2S. The summed E-state index contributed by atoms with van der Waals surface area (Å²) >= 11 is 1.67.